The van der Waals surface area contributed by atoms with Crippen LogP contribution in [-0.2, 0) is 23.9 Å². The summed E-state index contributed by atoms with van der Waals surface area (Å²) in [7, 11) is -7.74. The van der Waals surface area contributed by atoms with Crippen LogP contribution in [0.25, 0.3) is 0 Å². The summed E-state index contributed by atoms with van der Waals surface area (Å²) < 4.78 is 72.8. The number of halogens is 3. The highest BCUT2D eigenvalue weighted by Crippen LogP contribution is 1.92. The average Bonchev–Trinajstić information content (AvgIpc) is 1.47. The fourth-order valence-electron chi connectivity index (χ4n) is 0.225. The average molecular weight is 244 g/mol. The summed E-state index contributed by atoms with van der Waals surface area (Å²) in [6.07, 6.45) is 1.32. The third-order valence-electron chi connectivity index (χ3n) is 0.247. The third kappa shape index (κ3) is 34.0. The van der Waals surface area contributed by atoms with Crippen molar-refractivity contribution in [1.29, 1.82) is 0 Å². The van der Waals surface area contributed by atoms with Crippen molar-refractivity contribution >= 4 is 20.2 Å². The molecular weight excluding hydrogens is 237 g/mol. The van der Waals surface area contributed by atoms with Crippen LogP contribution >= 0.6 is 0 Å². The molecule has 0 spiro atoms. The van der Waals surface area contributed by atoms with Crippen molar-refractivity contribution in [3.8, 4) is 0 Å². The molecule has 0 amide bonds. The van der Waals surface area contributed by atoms with E-state index in [-0.39, 0.29) is 0 Å². The Balaban J connectivity index is 0. The van der Waals surface area contributed by atoms with Gasteiger partial charge in [0.25, 0.3) is 20.2 Å². The Morgan fingerprint density at radius 3 is 1.08 bits per heavy atom. The van der Waals surface area contributed by atoms with E-state index in [1.165, 1.54) is 0 Å². The summed E-state index contributed by atoms with van der Waals surface area (Å²) in [5.74, 6) is 0. The van der Waals surface area contributed by atoms with Gasteiger partial charge < -0.3 is 0 Å². The van der Waals surface area contributed by atoms with Gasteiger partial charge in [-0.15, -0.1) is 3.63 Å². The van der Waals surface area contributed by atoms with Crippen LogP contribution in [0.3, 0.4) is 0 Å². The molecule has 0 rings (SSSR count). The Hall–Kier alpha value is -0.350. The summed E-state index contributed by atoms with van der Waals surface area (Å²) >= 11 is 0. The lowest BCUT2D eigenvalue weighted by Gasteiger charge is -1.92. The Labute approximate surface area is 73.8 Å². The van der Waals surface area contributed by atoms with Crippen LogP contribution in [0.15, 0.2) is 0 Å². The monoisotopic (exact) mass is 244 g/mol. The zero-order chi connectivity index (χ0) is 11.3. The van der Waals surface area contributed by atoms with Gasteiger partial charge in [0.05, 0.1) is 12.5 Å². The van der Waals surface area contributed by atoms with Crippen molar-refractivity contribution in [3.63, 3.8) is 0 Å². The van der Waals surface area contributed by atoms with Gasteiger partial charge in [0.2, 0.25) is 0 Å². The molecule has 0 aromatic heterocycles. The molecule has 0 unspecified atom stereocenters. The minimum Gasteiger partial charge on any atom is -0.199 e. The van der Waals surface area contributed by atoms with Gasteiger partial charge in [0, 0.05) is 0 Å². The molecule has 0 heterocycles. The maximum absolute atomic E-state index is 10.0. The van der Waals surface area contributed by atoms with Crippen LogP contribution in [0.5, 0.6) is 0 Å². The first kappa shape index (κ1) is 15.1. The molecule has 0 aromatic carbocycles. The highest BCUT2D eigenvalue weighted by atomic mass is 32.3. The standard InChI is InChI=1S/C2H6O5S2.CHF3/c1-8(3,4)7-9(2,5)6;2-1(3)4/h1-2H3;1H. The lowest BCUT2D eigenvalue weighted by Crippen LogP contribution is -2.09. The number of alkyl halides is 3. The molecule has 10 heteroatoms. The van der Waals surface area contributed by atoms with Gasteiger partial charge in [-0.2, -0.15) is 30.0 Å². The van der Waals surface area contributed by atoms with Gasteiger partial charge in [-0.1, -0.05) is 0 Å². The van der Waals surface area contributed by atoms with Crippen LogP contribution in [0.2, 0.25) is 0 Å². The lowest BCUT2D eigenvalue weighted by molar-refractivity contribution is 0.00819. The van der Waals surface area contributed by atoms with E-state index in [1.807, 2.05) is 0 Å². The van der Waals surface area contributed by atoms with E-state index in [2.05, 4.69) is 3.63 Å². The molecule has 0 atom stereocenters. The molecule has 5 nitrogen and oxygen atoms in total. The maximum Gasteiger partial charge on any atom is 0.379 e. The van der Waals surface area contributed by atoms with Crippen molar-refractivity contribution in [2.45, 2.75) is 6.68 Å². The molecule has 0 N–H and O–H groups in total. The summed E-state index contributed by atoms with van der Waals surface area (Å²) in [5, 5.41) is 0. The molecule has 0 aliphatic heterocycles. The Morgan fingerprint density at radius 1 is 0.923 bits per heavy atom. The molecule has 82 valence electrons. The first-order chi connectivity index (χ1) is 5.44. The topological polar surface area (TPSA) is 77.5 Å². The van der Waals surface area contributed by atoms with Crippen LogP contribution in [0.1, 0.15) is 0 Å². The van der Waals surface area contributed by atoms with E-state index in [4.69, 9.17) is 0 Å². The van der Waals surface area contributed by atoms with Crippen LogP contribution < -0.4 is 0 Å². The molecule has 0 aromatic rings. The van der Waals surface area contributed by atoms with Gasteiger partial charge in [0.15, 0.2) is 0 Å². The second-order valence-electron chi connectivity index (χ2n) is 1.72. The van der Waals surface area contributed by atoms with Crippen molar-refractivity contribution in [2.75, 3.05) is 12.5 Å². The highest BCUT2D eigenvalue weighted by Gasteiger charge is 2.10. The summed E-state index contributed by atoms with van der Waals surface area (Å²) in [6, 6.07) is 0. The van der Waals surface area contributed by atoms with E-state index >= 15 is 0 Å². The van der Waals surface area contributed by atoms with Gasteiger partial charge in [-0.25, -0.2) is 0 Å². The molecule has 13 heavy (non-hydrogen) atoms. The van der Waals surface area contributed by atoms with E-state index in [1.54, 1.807) is 0 Å². The van der Waals surface area contributed by atoms with Crippen molar-refractivity contribution in [3.05, 3.63) is 0 Å². The van der Waals surface area contributed by atoms with Crippen molar-refractivity contribution in [1.82, 2.24) is 0 Å². The van der Waals surface area contributed by atoms with Gasteiger partial charge in [-0.3, -0.25) is 0 Å². The van der Waals surface area contributed by atoms with Gasteiger partial charge in [0.1, 0.15) is 0 Å². The summed E-state index contributed by atoms with van der Waals surface area (Å²) in [5.41, 5.74) is 0. The number of hydrogen-bond acceptors (Lipinski definition) is 5. The lowest BCUT2D eigenvalue weighted by atomic mass is 11.6. The molecule has 0 saturated heterocycles. The van der Waals surface area contributed by atoms with Crippen LogP contribution in [0, 0.1) is 0 Å². The van der Waals surface area contributed by atoms with Gasteiger partial charge >= 0.3 is 6.68 Å². The van der Waals surface area contributed by atoms with E-state index < -0.39 is 26.9 Å². The molecule has 0 aliphatic rings. The zero-order valence-corrected chi connectivity index (χ0v) is 8.20. The second kappa shape index (κ2) is 5.40. The quantitative estimate of drug-likeness (QED) is 0.688. The van der Waals surface area contributed by atoms with E-state index in [9.17, 15) is 30.0 Å². The number of rotatable bonds is 2. The van der Waals surface area contributed by atoms with Gasteiger partial charge in [-0.05, 0) is 0 Å². The summed E-state index contributed by atoms with van der Waals surface area (Å²) in [6.45, 7) is -3.67. The highest BCUT2D eigenvalue weighted by molar-refractivity contribution is 7.99. The number of hydrogen-bond donors (Lipinski definition) is 0. The van der Waals surface area contributed by atoms with E-state index in [0.29, 0.717) is 12.5 Å². The van der Waals surface area contributed by atoms with Crippen molar-refractivity contribution in [2.24, 2.45) is 0 Å². The SMILES string of the molecule is CS(=O)(=O)OS(C)(=O)=O.FC(F)F. The first-order valence-electron chi connectivity index (χ1n) is 2.47. The van der Waals surface area contributed by atoms with Crippen molar-refractivity contribution < 1.29 is 33.6 Å². The van der Waals surface area contributed by atoms with Crippen LogP contribution in [0.4, 0.5) is 13.2 Å². The molecule has 0 bridgehead atoms. The zero-order valence-electron chi connectivity index (χ0n) is 6.57. The predicted octanol–water partition coefficient (Wildman–Crippen LogP) is 0.101. The Bertz CT molecular complexity index is 284. The van der Waals surface area contributed by atoms with Crippen LogP contribution in [-0.4, -0.2) is 36.0 Å². The Kier molecular flexibility index (Phi) is 6.28. The molecular formula is C3H7F3O5S2. The Morgan fingerprint density at radius 2 is 1.08 bits per heavy atom. The minimum absolute atomic E-state index is 0.661. The van der Waals surface area contributed by atoms with E-state index in [0.717, 1.165) is 0 Å². The smallest absolute Gasteiger partial charge is 0.199 e. The normalized spacial score (nSPS) is 12.2. The third-order valence-corrected chi connectivity index (χ3v) is 2.22. The predicted molar refractivity (Wildman–Crippen MR) is 37.9 cm³/mol. The molecule has 0 saturated carbocycles. The molecule has 0 radical (unpaired) electrons. The molecule has 0 aliphatic carbocycles. The second-order valence-corrected chi connectivity index (χ2v) is 5.08. The maximum atomic E-state index is 10.0. The largest absolute Gasteiger partial charge is 0.379 e. The summed E-state index contributed by atoms with van der Waals surface area (Å²) in [4.78, 5) is 0. The fraction of sp³-hybridized carbons (Fsp3) is 1.00. The minimum atomic E-state index is -3.87. The fourth-order valence-corrected chi connectivity index (χ4v) is 2.02. The first-order valence-corrected chi connectivity index (χ1v) is 6.10. The molecule has 0 fully saturated rings.